The number of hydrogen-bond acceptors (Lipinski definition) is 4. The van der Waals surface area contributed by atoms with Gasteiger partial charge in [0.1, 0.15) is 0 Å². The first-order chi connectivity index (χ1) is 10.1. The Labute approximate surface area is 153 Å². The van der Waals surface area contributed by atoms with E-state index in [0.29, 0.717) is 12.3 Å². The lowest BCUT2D eigenvalue weighted by atomic mass is 10.0. The maximum absolute atomic E-state index is 11.8. The minimum atomic E-state index is 0. The van der Waals surface area contributed by atoms with Crippen LogP contribution in [0.4, 0.5) is 0 Å². The normalized spacial score (nSPS) is 22.5. The van der Waals surface area contributed by atoms with Gasteiger partial charge in [0.2, 0.25) is 5.91 Å². The number of carbonyl (C=O) groups excluding carboxylic acids is 1. The molecule has 7 heteroatoms. The van der Waals surface area contributed by atoms with Crippen LogP contribution in [0.15, 0.2) is 0 Å². The predicted octanol–water partition coefficient (Wildman–Crippen LogP) is 1.36. The molecule has 0 aliphatic carbocycles. The average Bonchev–Trinajstić information content (AvgIpc) is 2.99. The van der Waals surface area contributed by atoms with Crippen LogP contribution in [0.5, 0.6) is 0 Å². The number of rotatable bonds is 7. The van der Waals surface area contributed by atoms with Crippen molar-refractivity contribution < 1.29 is 4.79 Å². The molecule has 1 atom stereocenters. The highest BCUT2D eigenvalue weighted by Crippen LogP contribution is 2.14. The molecule has 23 heavy (non-hydrogen) atoms. The van der Waals surface area contributed by atoms with E-state index in [1.165, 1.54) is 19.3 Å². The second kappa shape index (κ2) is 12.3. The highest BCUT2D eigenvalue weighted by molar-refractivity contribution is 5.85. The van der Waals surface area contributed by atoms with Crippen LogP contribution in [0.25, 0.3) is 0 Å². The topological polar surface area (TPSA) is 47.6 Å². The molecule has 0 aromatic heterocycles. The minimum Gasteiger partial charge on any atom is -0.355 e. The van der Waals surface area contributed by atoms with Gasteiger partial charge in [0.05, 0.1) is 0 Å². The van der Waals surface area contributed by atoms with Gasteiger partial charge in [-0.05, 0) is 71.9 Å². The van der Waals surface area contributed by atoms with Crippen LogP contribution in [-0.2, 0) is 4.79 Å². The third kappa shape index (κ3) is 8.54. The summed E-state index contributed by atoms with van der Waals surface area (Å²) in [6.45, 7) is 6.33. The Hall–Kier alpha value is -0.0700. The van der Waals surface area contributed by atoms with Gasteiger partial charge in [0.15, 0.2) is 0 Å². The molecule has 0 saturated carbocycles. The van der Waals surface area contributed by atoms with Gasteiger partial charge < -0.3 is 20.4 Å². The second-order valence-corrected chi connectivity index (χ2v) is 6.78. The third-order valence-corrected chi connectivity index (χ3v) is 4.98. The molecular formula is C16H34Cl2N4O. The van der Waals surface area contributed by atoms with Crippen molar-refractivity contribution in [1.29, 1.82) is 0 Å². The highest BCUT2D eigenvalue weighted by atomic mass is 35.5. The number of hydrogen-bond donors (Lipinski definition) is 2. The molecule has 0 bridgehead atoms. The van der Waals surface area contributed by atoms with E-state index >= 15 is 0 Å². The zero-order chi connectivity index (χ0) is 15.1. The van der Waals surface area contributed by atoms with Crippen molar-refractivity contribution in [3.05, 3.63) is 0 Å². The van der Waals surface area contributed by atoms with Crippen LogP contribution in [0.1, 0.15) is 32.1 Å². The molecule has 2 rings (SSSR count). The molecule has 1 amide bonds. The van der Waals surface area contributed by atoms with Crippen molar-refractivity contribution in [3.63, 3.8) is 0 Å². The number of amides is 1. The van der Waals surface area contributed by atoms with E-state index in [-0.39, 0.29) is 30.7 Å². The van der Waals surface area contributed by atoms with E-state index in [4.69, 9.17) is 0 Å². The molecule has 2 heterocycles. The maximum Gasteiger partial charge on any atom is 0.220 e. The number of piperidine rings is 1. The zero-order valence-corrected chi connectivity index (χ0v) is 16.2. The predicted molar refractivity (Wildman–Crippen MR) is 101 cm³/mol. The van der Waals surface area contributed by atoms with Gasteiger partial charge in [-0.1, -0.05) is 0 Å². The van der Waals surface area contributed by atoms with Crippen molar-refractivity contribution >= 4 is 30.7 Å². The van der Waals surface area contributed by atoms with Gasteiger partial charge in [-0.25, -0.2) is 0 Å². The minimum absolute atomic E-state index is 0. The average molecular weight is 369 g/mol. The van der Waals surface area contributed by atoms with Crippen LogP contribution in [0, 0.1) is 5.92 Å². The largest absolute Gasteiger partial charge is 0.355 e. The first kappa shape index (κ1) is 22.9. The monoisotopic (exact) mass is 368 g/mol. The van der Waals surface area contributed by atoms with E-state index in [1.807, 2.05) is 0 Å². The molecule has 2 N–H and O–H groups in total. The van der Waals surface area contributed by atoms with E-state index in [1.54, 1.807) is 0 Å². The summed E-state index contributed by atoms with van der Waals surface area (Å²) in [4.78, 5) is 16.6. The fourth-order valence-corrected chi connectivity index (χ4v) is 3.40. The second-order valence-electron chi connectivity index (χ2n) is 6.78. The molecule has 2 aliphatic rings. The fourth-order valence-electron chi connectivity index (χ4n) is 3.40. The van der Waals surface area contributed by atoms with Crippen molar-refractivity contribution in [2.45, 2.75) is 38.1 Å². The first-order valence-corrected chi connectivity index (χ1v) is 8.51. The SMILES string of the molecule is CN(C)C1CCN(CCNC(=O)CCC2CCNC2)CC1.Cl.Cl. The summed E-state index contributed by atoms with van der Waals surface area (Å²) in [5, 5.41) is 6.43. The van der Waals surface area contributed by atoms with E-state index in [9.17, 15) is 4.79 Å². The Balaban J connectivity index is 0.00000242. The zero-order valence-electron chi connectivity index (χ0n) is 14.6. The number of likely N-dealkylation sites (tertiary alicyclic amines) is 1. The van der Waals surface area contributed by atoms with Crippen LogP contribution in [-0.4, -0.2) is 75.1 Å². The Morgan fingerprint density at radius 3 is 2.48 bits per heavy atom. The molecule has 2 aliphatic heterocycles. The molecule has 0 aromatic carbocycles. The summed E-state index contributed by atoms with van der Waals surface area (Å²) in [6, 6.07) is 0.732. The fraction of sp³-hybridized carbons (Fsp3) is 0.938. The first-order valence-electron chi connectivity index (χ1n) is 8.51. The van der Waals surface area contributed by atoms with Crippen molar-refractivity contribution in [2.75, 3.05) is 53.4 Å². The van der Waals surface area contributed by atoms with Crippen molar-refractivity contribution in [3.8, 4) is 0 Å². The Kier molecular flexibility index (Phi) is 12.3. The lowest BCUT2D eigenvalue weighted by Crippen LogP contribution is -2.44. The van der Waals surface area contributed by atoms with E-state index in [2.05, 4.69) is 34.5 Å². The summed E-state index contributed by atoms with van der Waals surface area (Å²) in [7, 11) is 4.33. The summed E-state index contributed by atoms with van der Waals surface area (Å²) in [6.07, 6.45) is 5.45. The van der Waals surface area contributed by atoms with Gasteiger partial charge in [0.25, 0.3) is 0 Å². The van der Waals surface area contributed by atoms with E-state index in [0.717, 1.165) is 51.7 Å². The molecule has 138 valence electrons. The maximum atomic E-state index is 11.8. The molecule has 0 radical (unpaired) electrons. The van der Waals surface area contributed by atoms with Gasteiger partial charge in [-0.3, -0.25) is 4.79 Å². The van der Waals surface area contributed by atoms with Gasteiger partial charge in [-0.2, -0.15) is 0 Å². The van der Waals surface area contributed by atoms with Crippen molar-refractivity contribution in [1.82, 2.24) is 20.4 Å². The molecule has 2 fully saturated rings. The van der Waals surface area contributed by atoms with Crippen LogP contribution >= 0.6 is 24.8 Å². The van der Waals surface area contributed by atoms with E-state index < -0.39 is 0 Å². The Bertz CT molecular complexity index is 317. The van der Waals surface area contributed by atoms with Crippen LogP contribution in [0.3, 0.4) is 0 Å². The van der Waals surface area contributed by atoms with Gasteiger partial charge in [0, 0.05) is 25.6 Å². The summed E-state index contributed by atoms with van der Waals surface area (Å²) >= 11 is 0. The lowest BCUT2D eigenvalue weighted by Gasteiger charge is -2.35. The van der Waals surface area contributed by atoms with Crippen LogP contribution < -0.4 is 10.6 Å². The number of nitrogens with one attached hydrogen (secondary N) is 2. The van der Waals surface area contributed by atoms with Gasteiger partial charge >= 0.3 is 0 Å². The summed E-state index contributed by atoms with van der Waals surface area (Å²) in [5.74, 6) is 0.936. The molecule has 0 spiro atoms. The smallest absolute Gasteiger partial charge is 0.220 e. The van der Waals surface area contributed by atoms with Gasteiger partial charge in [-0.15, -0.1) is 24.8 Å². The lowest BCUT2D eigenvalue weighted by molar-refractivity contribution is -0.121. The molecular weight excluding hydrogens is 335 g/mol. The summed E-state index contributed by atoms with van der Waals surface area (Å²) in [5.41, 5.74) is 0. The third-order valence-electron chi connectivity index (χ3n) is 4.98. The number of carbonyl (C=O) groups is 1. The summed E-state index contributed by atoms with van der Waals surface area (Å²) < 4.78 is 0. The molecule has 1 unspecified atom stereocenters. The Morgan fingerprint density at radius 1 is 1.22 bits per heavy atom. The molecule has 0 aromatic rings. The highest BCUT2D eigenvalue weighted by Gasteiger charge is 2.20. The standard InChI is InChI=1S/C16H32N4O.2ClH/c1-19(2)15-6-10-20(11-7-15)12-9-18-16(21)4-3-14-5-8-17-13-14;;/h14-15,17H,3-13H2,1-2H3,(H,18,21);2*1H. The number of nitrogens with zero attached hydrogens (tertiary/aromatic N) is 2. The molecule has 2 saturated heterocycles. The quantitative estimate of drug-likeness (QED) is 0.712. The molecule has 5 nitrogen and oxygen atoms in total. The van der Waals surface area contributed by atoms with Crippen molar-refractivity contribution in [2.24, 2.45) is 5.92 Å². The van der Waals surface area contributed by atoms with Crippen LogP contribution in [0.2, 0.25) is 0 Å². The Morgan fingerprint density at radius 2 is 1.91 bits per heavy atom. The number of halogens is 2.